The Morgan fingerprint density at radius 3 is 2.31 bits per heavy atom. The highest BCUT2D eigenvalue weighted by atomic mass is 32.2. The molecule has 1 unspecified atom stereocenters. The lowest BCUT2D eigenvalue weighted by Crippen LogP contribution is -2.50. The molecule has 2 aromatic rings. The summed E-state index contributed by atoms with van der Waals surface area (Å²) in [6, 6.07) is 11.2. The molecule has 0 aromatic heterocycles. The lowest BCUT2D eigenvalue weighted by atomic mass is 10.1. The summed E-state index contributed by atoms with van der Waals surface area (Å²) >= 11 is 1.42. The Morgan fingerprint density at radius 2 is 1.62 bits per heavy atom. The van der Waals surface area contributed by atoms with Crippen LogP contribution in [0.25, 0.3) is 0 Å². The van der Waals surface area contributed by atoms with Crippen LogP contribution in [0.3, 0.4) is 0 Å². The van der Waals surface area contributed by atoms with E-state index in [-0.39, 0.29) is 13.1 Å². The third-order valence-corrected chi connectivity index (χ3v) is 6.77. The van der Waals surface area contributed by atoms with Crippen molar-refractivity contribution in [3.05, 3.63) is 48.0 Å². The third kappa shape index (κ3) is 5.20. The van der Waals surface area contributed by atoms with Gasteiger partial charge in [0.25, 0.3) is 0 Å². The van der Waals surface area contributed by atoms with Gasteiger partial charge in [-0.25, -0.2) is 0 Å². The summed E-state index contributed by atoms with van der Waals surface area (Å²) in [5, 5.41) is 19.7. The molecule has 172 valence electrons. The Kier molecular flexibility index (Phi) is 6.66. The average Bonchev–Trinajstić information content (AvgIpc) is 2.73. The molecular weight excluding hydrogens is 443 g/mol. The molecule has 2 aromatic carbocycles. The monoisotopic (exact) mass is 467 g/mol. The number of nitrogens with zero attached hydrogens (tertiary/aromatic N) is 3. The molecule has 0 saturated carbocycles. The number of halogens is 3. The molecule has 0 amide bonds. The number of carboxylic acids is 1. The Balaban J connectivity index is 1.50. The quantitative estimate of drug-likeness (QED) is 0.675. The van der Waals surface area contributed by atoms with Crippen molar-refractivity contribution in [1.29, 1.82) is 0 Å². The molecule has 2 heterocycles. The van der Waals surface area contributed by atoms with Gasteiger partial charge in [0.1, 0.15) is 0 Å². The number of para-hydroxylation sites is 1. The molecule has 0 aliphatic carbocycles. The number of β-amino-alcohol motifs (C(OH)–C–C–N with tert-alkyl or cyclic N) is 1. The van der Waals surface area contributed by atoms with Gasteiger partial charge < -0.3 is 15.1 Å². The van der Waals surface area contributed by atoms with Crippen LogP contribution in [0.1, 0.15) is 5.56 Å². The zero-order chi connectivity index (χ0) is 22.9. The highest BCUT2D eigenvalue weighted by Gasteiger charge is 2.34. The summed E-state index contributed by atoms with van der Waals surface area (Å²) in [6.45, 7) is 2.97. The minimum atomic E-state index is -4.45. The number of benzene rings is 2. The summed E-state index contributed by atoms with van der Waals surface area (Å²) in [7, 11) is 0. The largest absolute Gasteiger partial charge is 0.480 e. The predicted molar refractivity (Wildman–Crippen MR) is 116 cm³/mol. The minimum Gasteiger partial charge on any atom is -0.480 e. The zero-order valence-electron chi connectivity index (χ0n) is 17.3. The fraction of sp³-hybridized carbons (Fsp3) is 0.409. The van der Waals surface area contributed by atoms with Gasteiger partial charge in [-0.05, 0) is 30.3 Å². The lowest BCUT2D eigenvalue weighted by molar-refractivity contribution is -0.139. The summed E-state index contributed by atoms with van der Waals surface area (Å²) in [4.78, 5) is 18.2. The van der Waals surface area contributed by atoms with Crippen LogP contribution in [0, 0.1) is 0 Å². The van der Waals surface area contributed by atoms with E-state index in [1.165, 1.54) is 17.8 Å². The molecule has 2 aliphatic rings. The third-order valence-electron chi connectivity index (χ3n) is 5.64. The van der Waals surface area contributed by atoms with Crippen LogP contribution < -0.4 is 4.90 Å². The second-order valence-corrected chi connectivity index (χ2v) is 9.07. The maximum Gasteiger partial charge on any atom is 0.416 e. The maximum atomic E-state index is 13.3. The summed E-state index contributed by atoms with van der Waals surface area (Å²) < 4.78 is 40.0. The molecule has 1 atom stereocenters. The maximum absolute atomic E-state index is 13.3. The summed E-state index contributed by atoms with van der Waals surface area (Å²) in [5.41, 5.74) is 0.494. The van der Waals surface area contributed by atoms with Crippen molar-refractivity contribution in [3.63, 3.8) is 0 Å². The molecule has 6 nitrogen and oxygen atoms in total. The van der Waals surface area contributed by atoms with E-state index in [1.807, 2.05) is 29.2 Å². The van der Waals surface area contributed by atoms with Crippen LogP contribution in [0.2, 0.25) is 0 Å². The minimum absolute atomic E-state index is 0.00303. The van der Waals surface area contributed by atoms with Crippen LogP contribution in [-0.2, 0) is 11.0 Å². The van der Waals surface area contributed by atoms with Crippen molar-refractivity contribution < 1.29 is 28.2 Å². The fourth-order valence-corrected chi connectivity index (χ4v) is 5.17. The van der Waals surface area contributed by atoms with E-state index in [9.17, 15) is 23.1 Å². The Morgan fingerprint density at radius 1 is 0.969 bits per heavy atom. The van der Waals surface area contributed by atoms with Crippen molar-refractivity contribution >= 4 is 29.1 Å². The van der Waals surface area contributed by atoms with Crippen molar-refractivity contribution in [2.24, 2.45) is 0 Å². The lowest BCUT2D eigenvalue weighted by Gasteiger charge is -2.37. The first-order valence-electron chi connectivity index (χ1n) is 10.3. The standard InChI is InChI=1S/C22H24F3N3O3S/c23-22(24,25)15-5-6-20-18(11-15)28(17-3-1-2-4-19(17)32-20)13-16(29)12-26-7-9-27(10-8-26)14-21(30)31/h1-6,11,16,29H,7-10,12-14H2,(H,30,31). The molecule has 0 bridgehead atoms. The zero-order valence-corrected chi connectivity index (χ0v) is 18.1. The molecule has 32 heavy (non-hydrogen) atoms. The number of alkyl halides is 3. The normalized spacial score (nSPS) is 18.2. The number of aliphatic hydroxyl groups is 1. The molecule has 4 rings (SSSR count). The van der Waals surface area contributed by atoms with Crippen LogP contribution in [0.15, 0.2) is 52.3 Å². The van der Waals surface area contributed by atoms with Crippen molar-refractivity contribution in [2.45, 2.75) is 22.1 Å². The Hall–Kier alpha value is -2.27. The van der Waals surface area contributed by atoms with E-state index in [0.29, 0.717) is 43.3 Å². The molecule has 2 N–H and O–H groups in total. The van der Waals surface area contributed by atoms with Crippen molar-refractivity contribution in [2.75, 3.05) is 50.7 Å². The van der Waals surface area contributed by atoms with Gasteiger partial charge in [-0.15, -0.1) is 0 Å². The van der Waals surface area contributed by atoms with Gasteiger partial charge in [-0.2, -0.15) is 13.2 Å². The molecule has 1 saturated heterocycles. The van der Waals surface area contributed by atoms with Crippen LogP contribution >= 0.6 is 11.8 Å². The first-order chi connectivity index (χ1) is 15.2. The molecule has 0 radical (unpaired) electrons. The fourth-order valence-electron chi connectivity index (χ4n) is 4.09. The number of hydrogen-bond donors (Lipinski definition) is 2. The number of anilines is 2. The van der Waals surface area contributed by atoms with E-state index < -0.39 is 23.8 Å². The predicted octanol–water partition coefficient (Wildman–Crippen LogP) is 3.37. The number of aliphatic carboxylic acids is 1. The first-order valence-corrected chi connectivity index (χ1v) is 11.1. The molecule has 2 aliphatic heterocycles. The Labute approximate surface area is 188 Å². The SMILES string of the molecule is O=C(O)CN1CCN(CC(O)CN2c3ccccc3Sc3ccc(C(F)(F)F)cc32)CC1. The number of rotatable bonds is 6. The number of aliphatic hydroxyl groups excluding tert-OH is 1. The van der Waals surface area contributed by atoms with Gasteiger partial charge in [-0.3, -0.25) is 14.6 Å². The average molecular weight is 468 g/mol. The van der Waals surface area contributed by atoms with E-state index in [4.69, 9.17) is 5.11 Å². The number of piperazine rings is 1. The van der Waals surface area contributed by atoms with Gasteiger partial charge in [0, 0.05) is 42.5 Å². The van der Waals surface area contributed by atoms with Gasteiger partial charge in [0.05, 0.1) is 36.1 Å². The number of hydrogen-bond acceptors (Lipinski definition) is 6. The van der Waals surface area contributed by atoms with Crippen LogP contribution in [0.5, 0.6) is 0 Å². The summed E-state index contributed by atoms with van der Waals surface area (Å²) in [6.07, 6.45) is -5.24. The Bertz CT molecular complexity index is 980. The van der Waals surface area contributed by atoms with E-state index in [2.05, 4.69) is 4.90 Å². The first kappa shape index (κ1) is 22.9. The number of fused-ring (bicyclic) bond motifs is 2. The molecule has 10 heteroatoms. The van der Waals surface area contributed by atoms with Gasteiger partial charge >= 0.3 is 12.1 Å². The second kappa shape index (κ2) is 9.30. The van der Waals surface area contributed by atoms with Crippen LogP contribution in [-0.4, -0.2) is 77.9 Å². The van der Waals surface area contributed by atoms with Crippen molar-refractivity contribution in [1.82, 2.24) is 9.80 Å². The second-order valence-electron chi connectivity index (χ2n) is 7.98. The molecular formula is C22H24F3N3O3S. The van der Waals surface area contributed by atoms with E-state index >= 15 is 0 Å². The van der Waals surface area contributed by atoms with E-state index in [1.54, 1.807) is 4.90 Å². The van der Waals surface area contributed by atoms with Crippen LogP contribution in [0.4, 0.5) is 24.5 Å². The van der Waals surface area contributed by atoms with E-state index in [0.717, 1.165) is 22.7 Å². The smallest absolute Gasteiger partial charge is 0.416 e. The molecule has 1 fully saturated rings. The highest BCUT2D eigenvalue weighted by molar-refractivity contribution is 7.99. The topological polar surface area (TPSA) is 67.2 Å². The van der Waals surface area contributed by atoms with Gasteiger partial charge in [-0.1, -0.05) is 23.9 Å². The summed E-state index contributed by atoms with van der Waals surface area (Å²) in [5.74, 6) is -0.864. The molecule has 0 spiro atoms. The van der Waals surface area contributed by atoms with Crippen molar-refractivity contribution in [3.8, 4) is 0 Å². The number of carboxylic acid groups (broad SMARTS) is 1. The number of carbonyl (C=O) groups is 1. The highest BCUT2D eigenvalue weighted by Crippen LogP contribution is 2.49. The van der Waals surface area contributed by atoms with Gasteiger partial charge in [0.15, 0.2) is 0 Å². The van der Waals surface area contributed by atoms with Gasteiger partial charge in [0.2, 0.25) is 0 Å².